The molecule has 1 aliphatic carbocycles. The molecule has 21 heavy (non-hydrogen) atoms. The summed E-state index contributed by atoms with van der Waals surface area (Å²) in [6.45, 7) is 5.88. The Kier molecular flexibility index (Phi) is 4.31. The van der Waals surface area contributed by atoms with E-state index in [1.807, 2.05) is 57.2 Å². The van der Waals surface area contributed by atoms with Gasteiger partial charge in [0.05, 0.1) is 6.42 Å². The molecule has 3 nitrogen and oxygen atoms in total. The van der Waals surface area contributed by atoms with E-state index in [1.54, 1.807) is 0 Å². The van der Waals surface area contributed by atoms with Crippen LogP contribution in [0.4, 0.5) is 0 Å². The third kappa shape index (κ3) is 3.23. The highest BCUT2D eigenvalue weighted by molar-refractivity contribution is 5.89. The van der Waals surface area contributed by atoms with Crippen LogP contribution in [0.2, 0.25) is 0 Å². The molecule has 0 spiro atoms. The second kappa shape index (κ2) is 5.84. The first-order valence-electron chi connectivity index (χ1n) is 7.26. The van der Waals surface area contributed by atoms with Crippen molar-refractivity contribution in [3.8, 4) is 0 Å². The van der Waals surface area contributed by atoms with E-state index in [9.17, 15) is 9.59 Å². The summed E-state index contributed by atoms with van der Waals surface area (Å²) in [6.07, 6.45) is 5.00. The fourth-order valence-electron chi connectivity index (χ4n) is 2.63. The monoisotopic (exact) mass is 286 g/mol. The first-order valence-corrected chi connectivity index (χ1v) is 7.26. The van der Waals surface area contributed by atoms with Gasteiger partial charge in [0.1, 0.15) is 0 Å². The summed E-state index contributed by atoms with van der Waals surface area (Å²) < 4.78 is 5.16. The molecule has 0 saturated heterocycles. The van der Waals surface area contributed by atoms with Gasteiger partial charge in [0.25, 0.3) is 0 Å². The van der Waals surface area contributed by atoms with E-state index in [1.165, 1.54) is 0 Å². The molecule has 0 saturated carbocycles. The number of ketones is 1. The van der Waals surface area contributed by atoms with Crippen molar-refractivity contribution in [1.29, 1.82) is 0 Å². The van der Waals surface area contributed by atoms with Crippen LogP contribution in [-0.4, -0.2) is 18.4 Å². The zero-order chi connectivity index (χ0) is 15.5. The Hall–Kier alpha value is -1.90. The molecule has 3 heteroatoms. The van der Waals surface area contributed by atoms with Crippen molar-refractivity contribution in [2.45, 2.75) is 33.6 Å². The predicted molar refractivity (Wildman–Crippen MR) is 81.8 cm³/mol. The van der Waals surface area contributed by atoms with Crippen molar-refractivity contribution < 1.29 is 14.3 Å². The van der Waals surface area contributed by atoms with Crippen LogP contribution in [0.5, 0.6) is 0 Å². The summed E-state index contributed by atoms with van der Waals surface area (Å²) in [5.74, 6) is -0.374. The summed E-state index contributed by atoms with van der Waals surface area (Å²) in [5.41, 5.74) is 0.208. The molecule has 0 bridgehead atoms. The number of ether oxygens (including phenoxy) is 1. The van der Waals surface area contributed by atoms with Crippen molar-refractivity contribution in [2.24, 2.45) is 10.8 Å². The Morgan fingerprint density at radius 1 is 1.14 bits per heavy atom. The van der Waals surface area contributed by atoms with E-state index < -0.39 is 5.41 Å². The van der Waals surface area contributed by atoms with Crippen LogP contribution >= 0.6 is 0 Å². The second-order valence-electron chi connectivity index (χ2n) is 6.41. The molecule has 0 amide bonds. The highest BCUT2D eigenvalue weighted by Crippen LogP contribution is 2.48. The van der Waals surface area contributed by atoms with E-state index in [2.05, 4.69) is 6.08 Å². The van der Waals surface area contributed by atoms with Crippen LogP contribution in [0.3, 0.4) is 0 Å². The van der Waals surface area contributed by atoms with Gasteiger partial charge >= 0.3 is 5.97 Å². The van der Waals surface area contributed by atoms with Crippen LogP contribution in [0.1, 0.15) is 32.8 Å². The predicted octanol–water partition coefficient (Wildman–Crippen LogP) is 3.33. The lowest BCUT2D eigenvalue weighted by Gasteiger charge is -2.36. The van der Waals surface area contributed by atoms with Gasteiger partial charge in [-0.1, -0.05) is 63.3 Å². The van der Waals surface area contributed by atoms with Crippen LogP contribution in [0, 0.1) is 10.8 Å². The van der Waals surface area contributed by atoms with Crippen molar-refractivity contribution in [1.82, 2.24) is 0 Å². The van der Waals surface area contributed by atoms with Crippen LogP contribution in [0.25, 0.3) is 0 Å². The molecule has 0 unspecified atom stereocenters. The summed E-state index contributed by atoms with van der Waals surface area (Å²) in [5, 5.41) is 0. The van der Waals surface area contributed by atoms with Crippen LogP contribution < -0.4 is 0 Å². The lowest BCUT2D eigenvalue weighted by molar-refractivity contribution is -0.151. The van der Waals surface area contributed by atoms with E-state index in [-0.39, 0.29) is 30.2 Å². The first kappa shape index (κ1) is 15.5. The molecule has 0 heterocycles. The largest absolute Gasteiger partial charge is 0.457 e. The summed E-state index contributed by atoms with van der Waals surface area (Å²) in [6, 6.07) is 9.39. The summed E-state index contributed by atoms with van der Waals surface area (Å²) >= 11 is 0. The standard InChI is InChI=1S/C18H22O3/c1-17(2)10-7-11-18(17,3)15(19)13-21-16(20)12-14-8-5-4-6-9-14/h4-10H,11-13H2,1-3H3/t18-/m1/s1. The summed E-state index contributed by atoms with van der Waals surface area (Å²) in [7, 11) is 0. The van der Waals surface area contributed by atoms with Gasteiger partial charge in [-0.05, 0) is 17.4 Å². The zero-order valence-electron chi connectivity index (χ0n) is 12.9. The zero-order valence-corrected chi connectivity index (χ0v) is 12.9. The van der Waals surface area contributed by atoms with Gasteiger partial charge < -0.3 is 4.74 Å². The number of hydrogen-bond acceptors (Lipinski definition) is 3. The van der Waals surface area contributed by atoms with Crippen molar-refractivity contribution in [3.63, 3.8) is 0 Å². The molecule has 1 atom stereocenters. The molecule has 112 valence electrons. The normalized spacial score (nSPS) is 23.0. The van der Waals surface area contributed by atoms with Gasteiger partial charge in [0.15, 0.2) is 12.4 Å². The van der Waals surface area contributed by atoms with Crippen molar-refractivity contribution >= 4 is 11.8 Å². The molecule has 1 aromatic carbocycles. The minimum Gasteiger partial charge on any atom is -0.457 e. The molecule has 0 fully saturated rings. The fourth-order valence-corrected chi connectivity index (χ4v) is 2.63. The van der Waals surface area contributed by atoms with Gasteiger partial charge in [-0.15, -0.1) is 0 Å². The van der Waals surface area contributed by atoms with E-state index in [0.29, 0.717) is 6.42 Å². The van der Waals surface area contributed by atoms with Crippen LogP contribution in [0.15, 0.2) is 42.5 Å². The number of Topliss-reactive ketones (excluding diaryl/α,β-unsaturated/α-hetero) is 1. The van der Waals surface area contributed by atoms with Crippen LogP contribution in [-0.2, 0) is 20.7 Å². The van der Waals surface area contributed by atoms with Gasteiger partial charge in [-0.3, -0.25) is 9.59 Å². The SMILES string of the molecule is CC1(C)C=CC[C@]1(C)C(=O)COC(=O)Cc1ccccc1. The van der Waals surface area contributed by atoms with Gasteiger partial charge in [-0.2, -0.15) is 0 Å². The minimum atomic E-state index is -0.486. The molecular formula is C18H22O3. The number of carbonyl (C=O) groups is 2. The fraction of sp³-hybridized carbons (Fsp3) is 0.444. The number of allylic oxidation sites excluding steroid dienone is 2. The molecule has 0 radical (unpaired) electrons. The number of benzene rings is 1. The maximum atomic E-state index is 12.4. The van der Waals surface area contributed by atoms with Gasteiger partial charge in [0.2, 0.25) is 0 Å². The van der Waals surface area contributed by atoms with Crippen molar-refractivity contribution in [3.05, 3.63) is 48.0 Å². The quantitative estimate of drug-likeness (QED) is 0.616. The third-order valence-corrected chi connectivity index (χ3v) is 4.65. The van der Waals surface area contributed by atoms with E-state index >= 15 is 0 Å². The highest BCUT2D eigenvalue weighted by atomic mass is 16.5. The maximum absolute atomic E-state index is 12.4. The molecule has 1 aromatic rings. The number of rotatable bonds is 5. The topological polar surface area (TPSA) is 43.4 Å². The number of carbonyl (C=O) groups excluding carboxylic acids is 2. The Morgan fingerprint density at radius 2 is 1.81 bits per heavy atom. The smallest absolute Gasteiger partial charge is 0.310 e. The average molecular weight is 286 g/mol. The summed E-state index contributed by atoms with van der Waals surface area (Å²) in [4.78, 5) is 24.2. The van der Waals surface area contributed by atoms with Gasteiger partial charge in [0, 0.05) is 5.41 Å². The molecular weight excluding hydrogens is 264 g/mol. The Morgan fingerprint density at radius 3 is 2.38 bits per heavy atom. The second-order valence-corrected chi connectivity index (χ2v) is 6.41. The first-order chi connectivity index (χ1) is 9.85. The Balaban J connectivity index is 1.89. The molecule has 0 aliphatic heterocycles. The van der Waals surface area contributed by atoms with Crippen molar-refractivity contribution in [2.75, 3.05) is 6.61 Å². The van der Waals surface area contributed by atoms with E-state index in [4.69, 9.17) is 4.74 Å². The molecule has 1 aliphatic rings. The highest BCUT2D eigenvalue weighted by Gasteiger charge is 2.47. The van der Waals surface area contributed by atoms with E-state index in [0.717, 1.165) is 5.56 Å². The Labute approximate surface area is 126 Å². The van der Waals surface area contributed by atoms with Gasteiger partial charge in [-0.25, -0.2) is 0 Å². The lowest BCUT2D eigenvalue weighted by Crippen LogP contribution is -2.40. The molecule has 2 rings (SSSR count). The molecule has 0 N–H and O–H groups in total. The minimum absolute atomic E-state index is 0.0149. The molecule has 0 aromatic heterocycles. The number of esters is 1. The third-order valence-electron chi connectivity index (χ3n) is 4.65. The Bertz CT molecular complexity index is 557. The number of hydrogen-bond donors (Lipinski definition) is 0. The maximum Gasteiger partial charge on any atom is 0.310 e. The average Bonchev–Trinajstić information content (AvgIpc) is 2.72. The lowest BCUT2D eigenvalue weighted by atomic mass is 9.66.